The van der Waals surface area contributed by atoms with Gasteiger partial charge < -0.3 is 15.5 Å². The van der Waals surface area contributed by atoms with Crippen molar-refractivity contribution in [2.24, 2.45) is 5.73 Å². The van der Waals surface area contributed by atoms with E-state index >= 15 is 0 Å². The van der Waals surface area contributed by atoms with Crippen molar-refractivity contribution >= 4 is 22.3 Å². The van der Waals surface area contributed by atoms with E-state index in [4.69, 9.17) is 11.1 Å². The van der Waals surface area contributed by atoms with Gasteiger partial charge in [0.15, 0.2) is 0 Å². The Balaban J connectivity index is 2.07. The third-order valence-corrected chi connectivity index (χ3v) is 4.25. The minimum absolute atomic E-state index is 0.133. The summed E-state index contributed by atoms with van der Waals surface area (Å²) in [4.78, 5) is 4.84. The SMILES string of the molecule is CN1CCCN(c2ccc(C(=N)N)c3ccccc23)CC1. The molecular formula is C17H22N4. The van der Waals surface area contributed by atoms with Crippen molar-refractivity contribution in [3.8, 4) is 0 Å². The van der Waals surface area contributed by atoms with Gasteiger partial charge in [-0.15, -0.1) is 0 Å². The standard InChI is InChI=1S/C17H22N4/c1-20-9-4-10-21(12-11-20)16-8-7-15(17(18)19)13-5-2-3-6-14(13)16/h2-3,5-8H,4,9-12H2,1H3,(H3,18,19). The highest BCUT2D eigenvalue weighted by Crippen LogP contribution is 2.30. The van der Waals surface area contributed by atoms with Crippen molar-refractivity contribution in [2.75, 3.05) is 38.1 Å². The fourth-order valence-electron chi connectivity index (χ4n) is 3.08. The van der Waals surface area contributed by atoms with Gasteiger partial charge in [0.1, 0.15) is 5.84 Å². The minimum Gasteiger partial charge on any atom is -0.384 e. The van der Waals surface area contributed by atoms with Gasteiger partial charge >= 0.3 is 0 Å². The van der Waals surface area contributed by atoms with E-state index in [9.17, 15) is 0 Å². The first-order chi connectivity index (χ1) is 10.2. The molecule has 0 saturated carbocycles. The smallest absolute Gasteiger partial charge is 0.123 e. The lowest BCUT2D eigenvalue weighted by Crippen LogP contribution is -2.29. The maximum Gasteiger partial charge on any atom is 0.123 e. The van der Waals surface area contributed by atoms with Gasteiger partial charge in [-0.25, -0.2) is 0 Å². The lowest BCUT2D eigenvalue weighted by atomic mass is 10.0. The molecule has 1 aliphatic heterocycles. The molecule has 1 heterocycles. The normalized spacial score (nSPS) is 16.9. The zero-order valence-electron chi connectivity index (χ0n) is 12.5. The predicted molar refractivity (Wildman–Crippen MR) is 89.3 cm³/mol. The topological polar surface area (TPSA) is 56.4 Å². The summed E-state index contributed by atoms with van der Waals surface area (Å²) in [7, 11) is 2.18. The van der Waals surface area contributed by atoms with Crippen LogP contribution in [0.15, 0.2) is 36.4 Å². The van der Waals surface area contributed by atoms with Crippen molar-refractivity contribution in [1.29, 1.82) is 5.41 Å². The van der Waals surface area contributed by atoms with Crippen molar-refractivity contribution < 1.29 is 0 Å². The van der Waals surface area contributed by atoms with Crippen LogP contribution in [0.3, 0.4) is 0 Å². The second-order valence-corrected chi connectivity index (χ2v) is 5.74. The summed E-state index contributed by atoms with van der Waals surface area (Å²) in [6.45, 7) is 4.36. The van der Waals surface area contributed by atoms with E-state index in [-0.39, 0.29) is 5.84 Å². The van der Waals surface area contributed by atoms with Crippen LogP contribution >= 0.6 is 0 Å². The third kappa shape index (κ3) is 2.72. The Morgan fingerprint density at radius 3 is 2.52 bits per heavy atom. The lowest BCUT2D eigenvalue weighted by Gasteiger charge is -2.25. The van der Waals surface area contributed by atoms with Crippen LogP contribution in [0.2, 0.25) is 0 Å². The highest BCUT2D eigenvalue weighted by Gasteiger charge is 2.16. The molecule has 0 unspecified atom stereocenters. The first-order valence-corrected chi connectivity index (χ1v) is 7.46. The van der Waals surface area contributed by atoms with Crippen LogP contribution in [0.4, 0.5) is 5.69 Å². The summed E-state index contributed by atoms with van der Waals surface area (Å²) >= 11 is 0. The van der Waals surface area contributed by atoms with E-state index in [0.29, 0.717) is 0 Å². The Labute approximate surface area is 125 Å². The molecule has 0 aromatic heterocycles. The number of amidine groups is 1. The van der Waals surface area contributed by atoms with Crippen molar-refractivity contribution in [2.45, 2.75) is 6.42 Å². The van der Waals surface area contributed by atoms with Crippen LogP contribution in [0.25, 0.3) is 10.8 Å². The molecule has 2 aromatic carbocycles. The number of hydrogen-bond donors (Lipinski definition) is 2. The average Bonchev–Trinajstić information content (AvgIpc) is 2.70. The van der Waals surface area contributed by atoms with E-state index in [2.05, 4.69) is 41.1 Å². The van der Waals surface area contributed by atoms with Gasteiger partial charge in [0, 0.05) is 36.3 Å². The summed E-state index contributed by atoms with van der Waals surface area (Å²) in [5, 5.41) is 10.0. The molecule has 1 fully saturated rings. The molecule has 2 aromatic rings. The van der Waals surface area contributed by atoms with Crippen LogP contribution in [0, 0.1) is 5.41 Å². The molecule has 0 spiro atoms. The van der Waals surface area contributed by atoms with Crippen LogP contribution in [-0.4, -0.2) is 44.0 Å². The monoisotopic (exact) mass is 282 g/mol. The summed E-state index contributed by atoms with van der Waals surface area (Å²) in [6, 6.07) is 12.3. The van der Waals surface area contributed by atoms with Gasteiger partial charge in [0.2, 0.25) is 0 Å². The molecule has 0 aliphatic carbocycles. The fourth-order valence-corrected chi connectivity index (χ4v) is 3.08. The molecule has 1 saturated heterocycles. The van der Waals surface area contributed by atoms with Gasteiger partial charge in [-0.1, -0.05) is 24.3 Å². The van der Waals surface area contributed by atoms with Crippen LogP contribution in [-0.2, 0) is 0 Å². The molecule has 21 heavy (non-hydrogen) atoms. The Bertz CT molecular complexity index is 665. The van der Waals surface area contributed by atoms with E-state index in [0.717, 1.165) is 37.1 Å². The van der Waals surface area contributed by atoms with Crippen molar-refractivity contribution in [3.63, 3.8) is 0 Å². The van der Waals surface area contributed by atoms with E-state index in [1.807, 2.05) is 12.1 Å². The summed E-state index contributed by atoms with van der Waals surface area (Å²) in [6.07, 6.45) is 1.18. The molecule has 110 valence electrons. The molecule has 3 N–H and O–H groups in total. The van der Waals surface area contributed by atoms with E-state index in [1.165, 1.54) is 17.5 Å². The number of hydrogen-bond acceptors (Lipinski definition) is 3. The number of nitrogen functional groups attached to an aromatic ring is 1. The Kier molecular flexibility index (Phi) is 3.80. The quantitative estimate of drug-likeness (QED) is 0.656. The summed E-state index contributed by atoms with van der Waals surface area (Å²) < 4.78 is 0. The summed E-state index contributed by atoms with van der Waals surface area (Å²) in [5.74, 6) is 0.133. The fraction of sp³-hybridized carbons (Fsp3) is 0.353. The maximum absolute atomic E-state index is 7.75. The largest absolute Gasteiger partial charge is 0.384 e. The molecule has 4 heteroatoms. The number of nitrogens with one attached hydrogen (secondary N) is 1. The predicted octanol–water partition coefficient (Wildman–Crippen LogP) is 2.27. The first kappa shape index (κ1) is 13.9. The number of likely N-dealkylation sites (N-methyl/N-ethyl adjacent to an activating group) is 1. The number of fused-ring (bicyclic) bond motifs is 1. The zero-order chi connectivity index (χ0) is 14.8. The highest BCUT2D eigenvalue weighted by atomic mass is 15.2. The Hall–Kier alpha value is -2.07. The molecule has 0 radical (unpaired) electrons. The molecule has 0 amide bonds. The zero-order valence-corrected chi connectivity index (χ0v) is 12.5. The lowest BCUT2D eigenvalue weighted by molar-refractivity contribution is 0.360. The number of nitrogens with zero attached hydrogens (tertiary/aromatic N) is 2. The minimum atomic E-state index is 0.133. The van der Waals surface area contributed by atoms with Crippen molar-refractivity contribution in [1.82, 2.24) is 4.90 Å². The van der Waals surface area contributed by atoms with Gasteiger partial charge in [0.25, 0.3) is 0 Å². The summed E-state index contributed by atoms with van der Waals surface area (Å²) in [5.41, 5.74) is 7.79. The van der Waals surface area contributed by atoms with Crippen LogP contribution in [0.1, 0.15) is 12.0 Å². The van der Waals surface area contributed by atoms with Crippen LogP contribution in [0.5, 0.6) is 0 Å². The van der Waals surface area contributed by atoms with Crippen molar-refractivity contribution in [3.05, 3.63) is 42.0 Å². The van der Waals surface area contributed by atoms with Gasteiger partial charge in [-0.3, -0.25) is 5.41 Å². The van der Waals surface area contributed by atoms with Gasteiger partial charge in [-0.05, 0) is 37.5 Å². The van der Waals surface area contributed by atoms with Gasteiger partial charge in [0.05, 0.1) is 0 Å². The number of benzene rings is 2. The van der Waals surface area contributed by atoms with E-state index < -0.39 is 0 Å². The number of rotatable bonds is 2. The van der Waals surface area contributed by atoms with Crippen LogP contribution < -0.4 is 10.6 Å². The molecule has 0 atom stereocenters. The highest BCUT2D eigenvalue weighted by molar-refractivity contribution is 6.10. The second kappa shape index (κ2) is 5.74. The first-order valence-electron chi connectivity index (χ1n) is 7.46. The molecule has 3 rings (SSSR count). The maximum atomic E-state index is 7.75. The molecule has 0 bridgehead atoms. The molecular weight excluding hydrogens is 260 g/mol. The average molecular weight is 282 g/mol. The third-order valence-electron chi connectivity index (χ3n) is 4.25. The Morgan fingerprint density at radius 1 is 1.00 bits per heavy atom. The second-order valence-electron chi connectivity index (χ2n) is 5.74. The molecule has 1 aliphatic rings. The number of nitrogens with two attached hydrogens (primary N) is 1. The Morgan fingerprint density at radius 2 is 1.76 bits per heavy atom. The number of anilines is 1. The van der Waals surface area contributed by atoms with E-state index in [1.54, 1.807) is 0 Å². The van der Waals surface area contributed by atoms with Gasteiger partial charge in [-0.2, -0.15) is 0 Å². The molecule has 4 nitrogen and oxygen atoms in total.